The molecule has 2 N–H and O–H groups in total. The average Bonchev–Trinajstić information content (AvgIpc) is 2.84. The van der Waals surface area contributed by atoms with Crippen LogP contribution < -0.4 is 10.6 Å². The lowest BCUT2D eigenvalue weighted by Crippen LogP contribution is -2.24. The fourth-order valence-corrected chi connectivity index (χ4v) is 2.36. The summed E-state index contributed by atoms with van der Waals surface area (Å²) in [4.78, 5) is 10.5. The van der Waals surface area contributed by atoms with Gasteiger partial charge in [-0.1, -0.05) is 11.6 Å². The normalized spacial score (nSPS) is 18.8. The summed E-state index contributed by atoms with van der Waals surface area (Å²) in [6.45, 7) is 1.80. The molecule has 98 valence electrons. The first-order chi connectivity index (χ1) is 8.66. The fourth-order valence-electron chi connectivity index (χ4n) is 2.19. The summed E-state index contributed by atoms with van der Waals surface area (Å²) in [5.41, 5.74) is 0.560. The number of nitro benzene ring substituents is 1. The van der Waals surface area contributed by atoms with Gasteiger partial charge in [0.15, 0.2) is 0 Å². The van der Waals surface area contributed by atoms with Gasteiger partial charge in [0.05, 0.1) is 4.92 Å². The molecular weight excluding hydrogens is 254 g/mol. The maximum absolute atomic E-state index is 10.9. The molecule has 5 nitrogen and oxygen atoms in total. The molecule has 1 atom stereocenters. The van der Waals surface area contributed by atoms with Crippen molar-refractivity contribution < 1.29 is 4.92 Å². The molecule has 1 aromatic carbocycles. The summed E-state index contributed by atoms with van der Waals surface area (Å²) in [6.07, 6.45) is 3.37. The highest BCUT2D eigenvalue weighted by atomic mass is 35.5. The largest absolute Gasteiger partial charge is 0.379 e. The molecule has 0 unspecified atom stereocenters. The third-order valence-corrected chi connectivity index (χ3v) is 3.36. The van der Waals surface area contributed by atoms with Gasteiger partial charge >= 0.3 is 0 Å². The van der Waals surface area contributed by atoms with E-state index in [1.807, 2.05) is 0 Å². The molecule has 1 aromatic rings. The highest BCUT2D eigenvalue weighted by Crippen LogP contribution is 2.27. The van der Waals surface area contributed by atoms with E-state index in [0.717, 1.165) is 19.5 Å². The first-order valence-corrected chi connectivity index (χ1v) is 6.46. The minimum absolute atomic E-state index is 0.0295. The molecule has 1 aliphatic rings. The van der Waals surface area contributed by atoms with Gasteiger partial charge < -0.3 is 10.6 Å². The Bertz CT molecular complexity index is 433. The van der Waals surface area contributed by atoms with Gasteiger partial charge in [0.2, 0.25) is 0 Å². The fraction of sp³-hybridized carbons (Fsp3) is 0.500. The molecule has 0 bridgehead atoms. The van der Waals surface area contributed by atoms with Crippen LogP contribution in [-0.2, 0) is 0 Å². The van der Waals surface area contributed by atoms with Gasteiger partial charge in [0.25, 0.3) is 5.69 Å². The van der Waals surface area contributed by atoms with Crippen molar-refractivity contribution in [2.75, 3.05) is 18.4 Å². The van der Waals surface area contributed by atoms with Crippen molar-refractivity contribution in [1.82, 2.24) is 5.32 Å². The topological polar surface area (TPSA) is 67.2 Å². The number of nitrogens with zero attached hydrogens (tertiary/aromatic N) is 1. The monoisotopic (exact) mass is 269 g/mol. The van der Waals surface area contributed by atoms with Crippen LogP contribution >= 0.6 is 11.6 Å². The Balaban J connectivity index is 1.93. The van der Waals surface area contributed by atoms with Gasteiger partial charge in [0.1, 0.15) is 5.69 Å². The predicted molar refractivity (Wildman–Crippen MR) is 72.2 cm³/mol. The van der Waals surface area contributed by atoms with E-state index in [1.54, 1.807) is 12.1 Å². The van der Waals surface area contributed by atoms with Crippen LogP contribution in [-0.4, -0.2) is 24.1 Å². The van der Waals surface area contributed by atoms with Crippen LogP contribution in [0.15, 0.2) is 18.2 Å². The van der Waals surface area contributed by atoms with E-state index in [1.165, 1.54) is 18.9 Å². The van der Waals surface area contributed by atoms with Crippen LogP contribution in [0.1, 0.15) is 19.3 Å². The van der Waals surface area contributed by atoms with E-state index >= 15 is 0 Å². The third-order valence-electron chi connectivity index (χ3n) is 3.13. The zero-order valence-corrected chi connectivity index (χ0v) is 10.7. The Hall–Kier alpha value is -1.33. The van der Waals surface area contributed by atoms with Gasteiger partial charge in [-0.15, -0.1) is 0 Å². The molecule has 0 amide bonds. The van der Waals surface area contributed by atoms with Crippen molar-refractivity contribution in [2.45, 2.75) is 25.3 Å². The number of rotatable bonds is 5. The lowest BCUT2D eigenvalue weighted by molar-refractivity contribution is -0.383. The first kappa shape index (κ1) is 13.1. The van der Waals surface area contributed by atoms with Crippen LogP contribution in [0, 0.1) is 10.1 Å². The molecule has 6 heteroatoms. The molecule has 18 heavy (non-hydrogen) atoms. The number of nitro groups is 1. The average molecular weight is 270 g/mol. The van der Waals surface area contributed by atoms with Crippen molar-refractivity contribution in [3.63, 3.8) is 0 Å². The second-order valence-electron chi connectivity index (χ2n) is 4.43. The second kappa shape index (κ2) is 6.02. The summed E-state index contributed by atoms with van der Waals surface area (Å²) in [7, 11) is 0. The number of anilines is 1. The number of hydrogen-bond acceptors (Lipinski definition) is 4. The Labute approximate surface area is 111 Å². The second-order valence-corrected chi connectivity index (χ2v) is 4.86. The lowest BCUT2D eigenvalue weighted by atomic mass is 10.1. The SMILES string of the molecule is O=[N+]([O-])c1cc(Cl)ccc1NCC[C@@H]1CCCN1. The lowest BCUT2D eigenvalue weighted by Gasteiger charge is -2.11. The number of benzene rings is 1. The van der Waals surface area contributed by atoms with Gasteiger partial charge in [0, 0.05) is 23.7 Å². The van der Waals surface area contributed by atoms with Crippen molar-refractivity contribution >= 4 is 23.0 Å². The molecule has 0 aromatic heterocycles. The highest BCUT2D eigenvalue weighted by Gasteiger charge is 2.16. The number of hydrogen-bond donors (Lipinski definition) is 2. The zero-order chi connectivity index (χ0) is 13.0. The van der Waals surface area contributed by atoms with Crippen molar-refractivity contribution in [3.8, 4) is 0 Å². The number of halogens is 1. The molecule has 1 heterocycles. The summed E-state index contributed by atoms with van der Waals surface area (Å²) < 4.78 is 0. The van der Waals surface area contributed by atoms with Crippen molar-refractivity contribution in [3.05, 3.63) is 33.3 Å². The molecular formula is C12H16ClN3O2. The summed E-state index contributed by atoms with van der Waals surface area (Å²) in [5.74, 6) is 0. The molecule has 2 rings (SSSR count). The molecule has 0 aliphatic carbocycles. The van der Waals surface area contributed by atoms with Gasteiger partial charge in [-0.2, -0.15) is 0 Å². The standard InChI is InChI=1S/C12H16ClN3O2/c13-9-3-4-11(12(8-9)16(17)18)15-7-5-10-2-1-6-14-10/h3-4,8,10,14-15H,1-2,5-7H2/t10-/m0/s1. The number of nitrogens with one attached hydrogen (secondary N) is 2. The smallest absolute Gasteiger partial charge is 0.293 e. The van der Waals surface area contributed by atoms with Gasteiger partial charge in [-0.3, -0.25) is 10.1 Å². The Morgan fingerprint density at radius 3 is 3.06 bits per heavy atom. The summed E-state index contributed by atoms with van der Waals surface area (Å²) in [6, 6.07) is 5.22. The molecule has 1 fully saturated rings. The van der Waals surface area contributed by atoms with Crippen LogP contribution in [0.3, 0.4) is 0 Å². The van der Waals surface area contributed by atoms with Crippen LogP contribution in [0.25, 0.3) is 0 Å². The van der Waals surface area contributed by atoms with E-state index in [9.17, 15) is 10.1 Å². The van der Waals surface area contributed by atoms with E-state index in [-0.39, 0.29) is 5.69 Å². The molecule has 0 radical (unpaired) electrons. The van der Waals surface area contributed by atoms with E-state index in [4.69, 9.17) is 11.6 Å². The van der Waals surface area contributed by atoms with Crippen LogP contribution in [0.2, 0.25) is 5.02 Å². The Morgan fingerprint density at radius 2 is 2.39 bits per heavy atom. The molecule has 1 saturated heterocycles. The van der Waals surface area contributed by atoms with Crippen LogP contribution in [0.4, 0.5) is 11.4 Å². The summed E-state index contributed by atoms with van der Waals surface area (Å²) >= 11 is 5.76. The third kappa shape index (κ3) is 3.34. The van der Waals surface area contributed by atoms with Crippen molar-refractivity contribution in [2.24, 2.45) is 0 Å². The van der Waals surface area contributed by atoms with Gasteiger partial charge in [-0.25, -0.2) is 0 Å². The predicted octanol–water partition coefficient (Wildman–Crippen LogP) is 2.80. The van der Waals surface area contributed by atoms with Crippen molar-refractivity contribution in [1.29, 1.82) is 0 Å². The maximum atomic E-state index is 10.9. The first-order valence-electron chi connectivity index (χ1n) is 6.08. The molecule has 0 spiro atoms. The highest BCUT2D eigenvalue weighted by molar-refractivity contribution is 6.30. The quantitative estimate of drug-likeness (QED) is 0.637. The Morgan fingerprint density at radius 1 is 1.56 bits per heavy atom. The minimum atomic E-state index is -0.415. The van der Waals surface area contributed by atoms with Gasteiger partial charge in [-0.05, 0) is 37.9 Å². The summed E-state index contributed by atoms with van der Waals surface area (Å²) in [5, 5.41) is 17.8. The minimum Gasteiger partial charge on any atom is -0.379 e. The van der Waals surface area contributed by atoms with E-state index in [2.05, 4.69) is 10.6 Å². The Kier molecular flexibility index (Phi) is 4.38. The molecule has 1 aliphatic heterocycles. The van der Waals surface area contributed by atoms with E-state index in [0.29, 0.717) is 16.8 Å². The zero-order valence-electron chi connectivity index (χ0n) is 9.99. The molecule has 0 saturated carbocycles. The van der Waals surface area contributed by atoms with Crippen LogP contribution in [0.5, 0.6) is 0 Å². The van der Waals surface area contributed by atoms with E-state index < -0.39 is 4.92 Å². The maximum Gasteiger partial charge on any atom is 0.293 e.